The first-order chi connectivity index (χ1) is 9.19. The number of aliphatic hydroxyl groups is 1. The van der Waals surface area contributed by atoms with E-state index in [9.17, 15) is 9.90 Å². The maximum absolute atomic E-state index is 11.9. The number of hydrogen-bond donors (Lipinski definition) is 2. The van der Waals surface area contributed by atoms with Crippen LogP contribution in [-0.2, 0) is 4.79 Å². The van der Waals surface area contributed by atoms with E-state index in [0.29, 0.717) is 13.0 Å². The van der Waals surface area contributed by atoms with Crippen LogP contribution in [0.15, 0.2) is 24.3 Å². The predicted molar refractivity (Wildman–Crippen MR) is 76.1 cm³/mol. The zero-order valence-electron chi connectivity index (χ0n) is 11.6. The number of amides is 1. The van der Waals surface area contributed by atoms with Gasteiger partial charge >= 0.3 is 0 Å². The lowest BCUT2D eigenvalue weighted by Crippen LogP contribution is -2.55. The Morgan fingerprint density at radius 2 is 2.16 bits per heavy atom. The van der Waals surface area contributed by atoms with Gasteiger partial charge in [-0.2, -0.15) is 0 Å². The highest BCUT2D eigenvalue weighted by atomic mass is 16.3. The second-order valence-electron chi connectivity index (χ2n) is 4.89. The summed E-state index contributed by atoms with van der Waals surface area (Å²) in [6, 6.07) is 7.69. The van der Waals surface area contributed by atoms with Crippen LogP contribution in [0.25, 0.3) is 0 Å². The smallest absolute Gasteiger partial charge is 0.242 e. The fourth-order valence-corrected chi connectivity index (χ4v) is 2.66. The Labute approximate surface area is 114 Å². The number of nitrogens with one attached hydrogen (secondary N) is 1. The van der Waals surface area contributed by atoms with Crippen molar-refractivity contribution in [3.05, 3.63) is 29.8 Å². The molecule has 1 amide bonds. The quantitative estimate of drug-likeness (QED) is 0.870. The van der Waals surface area contributed by atoms with Crippen LogP contribution < -0.4 is 10.2 Å². The Hall–Kier alpha value is -1.55. The molecule has 19 heavy (non-hydrogen) atoms. The first kappa shape index (κ1) is 13.9. The first-order valence-corrected chi connectivity index (χ1v) is 7.00. The monoisotopic (exact) mass is 262 g/mol. The summed E-state index contributed by atoms with van der Waals surface area (Å²) >= 11 is 0. The Bertz CT molecular complexity index is 448. The van der Waals surface area contributed by atoms with Crippen molar-refractivity contribution in [2.24, 2.45) is 0 Å². The third-order valence-electron chi connectivity index (χ3n) is 3.71. The lowest BCUT2D eigenvalue weighted by Gasteiger charge is -2.38. The van der Waals surface area contributed by atoms with Gasteiger partial charge in [-0.25, -0.2) is 0 Å². The Balaban J connectivity index is 2.37. The molecule has 4 nitrogen and oxygen atoms in total. The van der Waals surface area contributed by atoms with Crippen molar-refractivity contribution < 1.29 is 9.90 Å². The summed E-state index contributed by atoms with van der Waals surface area (Å²) in [6.45, 7) is 5.42. The number of nitrogens with zero attached hydrogens (tertiary/aromatic N) is 1. The Morgan fingerprint density at radius 1 is 1.42 bits per heavy atom. The number of anilines is 1. The highest BCUT2D eigenvalue weighted by Gasteiger charge is 2.30. The summed E-state index contributed by atoms with van der Waals surface area (Å²) in [4.78, 5) is 14.1. The minimum absolute atomic E-state index is 0.0783. The van der Waals surface area contributed by atoms with Crippen LogP contribution in [0.5, 0.6) is 0 Å². The first-order valence-electron chi connectivity index (χ1n) is 7.00. The maximum Gasteiger partial charge on any atom is 0.242 e. The average molecular weight is 262 g/mol. The summed E-state index contributed by atoms with van der Waals surface area (Å²) in [5, 5.41) is 13.0. The molecule has 0 radical (unpaired) electrons. The molecule has 1 aliphatic rings. The topological polar surface area (TPSA) is 52.6 Å². The number of rotatable bonds is 4. The van der Waals surface area contributed by atoms with Crippen LogP contribution in [0.1, 0.15) is 38.4 Å². The summed E-state index contributed by atoms with van der Waals surface area (Å²) in [6.07, 6.45) is 0.967. The molecule has 1 aromatic carbocycles. The molecule has 0 aromatic heterocycles. The number of para-hydroxylation sites is 1. The molecule has 2 atom stereocenters. The van der Waals surface area contributed by atoms with E-state index in [4.69, 9.17) is 0 Å². The average Bonchev–Trinajstić information content (AvgIpc) is 2.46. The second kappa shape index (κ2) is 6.06. The van der Waals surface area contributed by atoms with Crippen LogP contribution in [-0.4, -0.2) is 30.1 Å². The fourth-order valence-electron chi connectivity index (χ4n) is 2.66. The SMILES string of the molecule is CCC1C(=O)NCCN1c1ccccc1[C@H](O)CC. The molecule has 1 unspecified atom stereocenters. The van der Waals surface area contributed by atoms with Gasteiger partial charge in [0, 0.05) is 24.3 Å². The van der Waals surface area contributed by atoms with E-state index >= 15 is 0 Å². The van der Waals surface area contributed by atoms with Gasteiger partial charge in [-0.15, -0.1) is 0 Å². The number of benzene rings is 1. The summed E-state index contributed by atoms with van der Waals surface area (Å²) < 4.78 is 0. The van der Waals surface area contributed by atoms with Crippen molar-refractivity contribution in [2.75, 3.05) is 18.0 Å². The number of hydrogen-bond acceptors (Lipinski definition) is 3. The molecule has 1 aromatic rings. The van der Waals surface area contributed by atoms with E-state index in [1.807, 2.05) is 38.1 Å². The van der Waals surface area contributed by atoms with Crippen molar-refractivity contribution in [3.63, 3.8) is 0 Å². The third-order valence-corrected chi connectivity index (χ3v) is 3.71. The molecule has 0 bridgehead atoms. The summed E-state index contributed by atoms with van der Waals surface area (Å²) in [5.41, 5.74) is 1.90. The molecule has 104 valence electrons. The van der Waals surface area contributed by atoms with Gasteiger partial charge in [-0.1, -0.05) is 32.0 Å². The molecular weight excluding hydrogens is 240 g/mol. The van der Waals surface area contributed by atoms with Crippen LogP contribution in [0, 0.1) is 0 Å². The molecule has 1 heterocycles. The van der Waals surface area contributed by atoms with Gasteiger partial charge in [-0.05, 0) is 18.9 Å². The molecule has 1 aliphatic heterocycles. The minimum Gasteiger partial charge on any atom is -0.388 e. The molecule has 0 saturated carbocycles. The van der Waals surface area contributed by atoms with Gasteiger partial charge in [0.25, 0.3) is 0 Å². The van der Waals surface area contributed by atoms with Crippen LogP contribution in [0.3, 0.4) is 0 Å². The number of carbonyl (C=O) groups is 1. The standard InChI is InChI=1S/C15H22N2O2/c1-3-12-15(19)16-9-10-17(12)13-8-6-5-7-11(13)14(18)4-2/h5-8,12,14,18H,3-4,9-10H2,1-2H3,(H,16,19)/t12?,14-/m1/s1. The van der Waals surface area contributed by atoms with Crippen molar-refractivity contribution in [1.82, 2.24) is 5.32 Å². The van der Waals surface area contributed by atoms with Gasteiger partial charge in [0.15, 0.2) is 0 Å². The van der Waals surface area contributed by atoms with Crippen LogP contribution >= 0.6 is 0 Å². The van der Waals surface area contributed by atoms with Gasteiger partial charge in [0.1, 0.15) is 6.04 Å². The molecule has 4 heteroatoms. The minimum atomic E-state index is -0.473. The third kappa shape index (κ3) is 2.73. The zero-order chi connectivity index (χ0) is 13.8. The van der Waals surface area contributed by atoms with E-state index in [1.54, 1.807) is 0 Å². The fraction of sp³-hybridized carbons (Fsp3) is 0.533. The number of aliphatic hydroxyl groups excluding tert-OH is 1. The molecule has 2 rings (SSSR count). The van der Waals surface area contributed by atoms with E-state index in [1.165, 1.54) is 0 Å². The summed E-state index contributed by atoms with van der Waals surface area (Å²) in [5.74, 6) is 0.0783. The molecule has 0 spiro atoms. The molecule has 0 aliphatic carbocycles. The number of carbonyl (C=O) groups excluding carboxylic acids is 1. The largest absolute Gasteiger partial charge is 0.388 e. The second-order valence-corrected chi connectivity index (χ2v) is 4.89. The van der Waals surface area contributed by atoms with E-state index in [2.05, 4.69) is 10.2 Å². The van der Waals surface area contributed by atoms with E-state index < -0.39 is 6.10 Å². The molecule has 2 N–H and O–H groups in total. The van der Waals surface area contributed by atoms with Gasteiger partial charge < -0.3 is 15.3 Å². The predicted octanol–water partition coefficient (Wildman–Crippen LogP) is 1.84. The lowest BCUT2D eigenvalue weighted by atomic mass is 10.0. The molecule has 1 fully saturated rings. The van der Waals surface area contributed by atoms with E-state index in [-0.39, 0.29) is 11.9 Å². The highest BCUT2D eigenvalue weighted by molar-refractivity contribution is 5.86. The Morgan fingerprint density at radius 3 is 2.84 bits per heavy atom. The van der Waals surface area contributed by atoms with Gasteiger partial charge in [-0.3, -0.25) is 4.79 Å². The number of piperazine rings is 1. The molecule has 1 saturated heterocycles. The van der Waals surface area contributed by atoms with Crippen LogP contribution in [0.4, 0.5) is 5.69 Å². The van der Waals surface area contributed by atoms with Crippen molar-refractivity contribution >= 4 is 11.6 Å². The Kier molecular flexibility index (Phi) is 4.43. The lowest BCUT2D eigenvalue weighted by molar-refractivity contribution is -0.123. The van der Waals surface area contributed by atoms with Crippen molar-refractivity contribution in [3.8, 4) is 0 Å². The van der Waals surface area contributed by atoms with Crippen molar-refractivity contribution in [1.29, 1.82) is 0 Å². The zero-order valence-corrected chi connectivity index (χ0v) is 11.6. The maximum atomic E-state index is 11.9. The van der Waals surface area contributed by atoms with Gasteiger partial charge in [0.2, 0.25) is 5.91 Å². The van der Waals surface area contributed by atoms with Crippen LogP contribution in [0.2, 0.25) is 0 Å². The van der Waals surface area contributed by atoms with Crippen molar-refractivity contribution in [2.45, 2.75) is 38.8 Å². The normalized spacial score (nSPS) is 21.1. The molecular formula is C15H22N2O2. The summed E-state index contributed by atoms with van der Waals surface area (Å²) in [7, 11) is 0. The highest BCUT2D eigenvalue weighted by Crippen LogP contribution is 2.30. The van der Waals surface area contributed by atoms with E-state index in [0.717, 1.165) is 24.2 Å². The van der Waals surface area contributed by atoms with Gasteiger partial charge in [0.05, 0.1) is 6.10 Å².